The topological polar surface area (TPSA) is 0 Å². The minimum Gasteiger partial charge on any atom is -0.125 e. The normalized spacial score (nSPS) is 11.5. The molecule has 0 atom stereocenters. The average molecular weight is 383 g/mol. The zero-order valence-electron chi connectivity index (χ0n) is 16.1. The Balaban J connectivity index is 2.03. The first kappa shape index (κ1) is 19.6. The van der Waals surface area contributed by atoms with E-state index in [0.29, 0.717) is 0 Å². The summed E-state index contributed by atoms with van der Waals surface area (Å²) < 4.78 is 0. The Kier molecular flexibility index (Phi) is 7.76. The third-order valence-corrected chi connectivity index (χ3v) is 7.26. The number of hydrogen-bond acceptors (Lipinski definition) is 2. The van der Waals surface area contributed by atoms with E-state index in [-0.39, 0.29) is 0 Å². The first-order valence-corrected chi connectivity index (χ1v) is 12.0. The Labute approximate surface area is 167 Å². The maximum Gasteiger partial charge on any atom is 0.0230 e. The third-order valence-electron chi connectivity index (χ3n) is 4.82. The van der Waals surface area contributed by atoms with Crippen molar-refractivity contribution >= 4 is 45.1 Å². The quantitative estimate of drug-likeness (QED) is 0.196. The molecule has 26 heavy (non-hydrogen) atoms. The zero-order chi connectivity index (χ0) is 18.2. The summed E-state index contributed by atoms with van der Waals surface area (Å²) in [5.74, 6) is 2.43. The summed E-state index contributed by atoms with van der Waals surface area (Å²) in [5.41, 5.74) is 0. The van der Waals surface area contributed by atoms with Gasteiger partial charge in [0.15, 0.2) is 0 Å². The monoisotopic (exact) mass is 382 g/mol. The SMILES string of the molecule is CCCCCSc1c2ccccc2c(SCCCCC)c2ccccc12. The molecule has 0 saturated heterocycles. The van der Waals surface area contributed by atoms with Gasteiger partial charge in [0, 0.05) is 9.79 Å². The first-order valence-electron chi connectivity index (χ1n) is 10.1. The van der Waals surface area contributed by atoms with Crippen LogP contribution in [0.15, 0.2) is 58.3 Å². The van der Waals surface area contributed by atoms with Gasteiger partial charge in [0.2, 0.25) is 0 Å². The molecule has 0 aliphatic rings. The van der Waals surface area contributed by atoms with E-state index in [9.17, 15) is 0 Å². The molecule has 0 aliphatic carbocycles. The Hall–Kier alpha value is -1.12. The molecule has 3 aromatic carbocycles. The predicted octanol–water partition coefficient (Wildman–Crippen LogP) is 8.56. The van der Waals surface area contributed by atoms with E-state index < -0.39 is 0 Å². The zero-order valence-corrected chi connectivity index (χ0v) is 17.7. The first-order chi connectivity index (χ1) is 12.9. The van der Waals surface area contributed by atoms with Crippen LogP contribution in [0.5, 0.6) is 0 Å². The van der Waals surface area contributed by atoms with Crippen LogP contribution in [0.4, 0.5) is 0 Å². The number of benzene rings is 3. The summed E-state index contributed by atoms with van der Waals surface area (Å²) in [4.78, 5) is 2.95. The molecule has 0 amide bonds. The van der Waals surface area contributed by atoms with Crippen LogP contribution in [-0.2, 0) is 0 Å². The number of unbranched alkanes of at least 4 members (excludes halogenated alkanes) is 4. The van der Waals surface area contributed by atoms with Gasteiger partial charge in [-0.2, -0.15) is 0 Å². The van der Waals surface area contributed by atoms with Gasteiger partial charge in [-0.1, -0.05) is 88.1 Å². The Morgan fingerprint density at radius 3 is 1.19 bits per heavy atom. The molecular weight excluding hydrogens is 352 g/mol. The Bertz CT molecular complexity index is 711. The molecule has 0 unspecified atom stereocenters. The van der Waals surface area contributed by atoms with Crippen LogP contribution >= 0.6 is 23.5 Å². The van der Waals surface area contributed by atoms with Gasteiger partial charge in [0.25, 0.3) is 0 Å². The van der Waals surface area contributed by atoms with Crippen LogP contribution in [0.1, 0.15) is 52.4 Å². The van der Waals surface area contributed by atoms with Crippen molar-refractivity contribution in [3.63, 3.8) is 0 Å². The maximum absolute atomic E-state index is 2.32. The van der Waals surface area contributed by atoms with Crippen molar-refractivity contribution in [2.24, 2.45) is 0 Å². The van der Waals surface area contributed by atoms with Crippen LogP contribution in [0.25, 0.3) is 21.5 Å². The molecule has 0 aliphatic heterocycles. The second-order valence-electron chi connectivity index (χ2n) is 6.86. The minimum absolute atomic E-state index is 1.21. The van der Waals surface area contributed by atoms with Crippen molar-refractivity contribution in [2.75, 3.05) is 11.5 Å². The number of fused-ring (bicyclic) bond motifs is 2. The largest absolute Gasteiger partial charge is 0.125 e. The summed E-state index contributed by atoms with van der Waals surface area (Å²) >= 11 is 4.10. The molecule has 3 rings (SSSR count). The predicted molar refractivity (Wildman–Crippen MR) is 122 cm³/mol. The second-order valence-corrected chi connectivity index (χ2v) is 9.07. The van der Waals surface area contributed by atoms with Crippen LogP contribution in [0, 0.1) is 0 Å². The fourth-order valence-corrected chi connectivity index (χ4v) is 5.85. The van der Waals surface area contributed by atoms with Crippen molar-refractivity contribution in [1.82, 2.24) is 0 Å². The van der Waals surface area contributed by atoms with Crippen molar-refractivity contribution < 1.29 is 0 Å². The summed E-state index contributed by atoms with van der Waals surface area (Å²) in [5, 5.41) is 5.74. The molecule has 2 heteroatoms. The molecule has 3 aromatic rings. The smallest absolute Gasteiger partial charge is 0.0230 e. The van der Waals surface area contributed by atoms with E-state index in [1.54, 1.807) is 0 Å². The highest BCUT2D eigenvalue weighted by Crippen LogP contribution is 2.43. The molecule has 0 spiro atoms. The number of hydrogen-bond donors (Lipinski definition) is 0. The van der Waals surface area contributed by atoms with Crippen LogP contribution in [0.3, 0.4) is 0 Å². The van der Waals surface area contributed by atoms with E-state index in [1.807, 2.05) is 0 Å². The lowest BCUT2D eigenvalue weighted by Gasteiger charge is -2.16. The summed E-state index contributed by atoms with van der Waals surface area (Å²) in [6, 6.07) is 18.1. The Morgan fingerprint density at radius 2 is 0.885 bits per heavy atom. The van der Waals surface area contributed by atoms with Crippen molar-refractivity contribution in [3.05, 3.63) is 48.5 Å². The van der Waals surface area contributed by atoms with E-state index in [2.05, 4.69) is 85.9 Å². The standard InChI is InChI=1S/C24H30S2/c1-3-5-11-17-25-23-19-13-7-9-15-21(19)24(26-18-12-6-4-2)22-16-10-8-14-20(22)23/h7-10,13-16H,3-6,11-12,17-18H2,1-2H3. The summed E-state index contributed by atoms with van der Waals surface area (Å²) in [6.45, 7) is 4.56. The average Bonchev–Trinajstić information content (AvgIpc) is 2.69. The molecule has 0 heterocycles. The van der Waals surface area contributed by atoms with Crippen LogP contribution in [-0.4, -0.2) is 11.5 Å². The lowest BCUT2D eigenvalue weighted by Crippen LogP contribution is -1.90. The van der Waals surface area contributed by atoms with Gasteiger partial charge >= 0.3 is 0 Å². The number of rotatable bonds is 10. The van der Waals surface area contributed by atoms with E-state index >= 15 is 0 Å². The van der Waals surface area contributed by atoms with Crippen molar-refractivity contribution in [2.45, 2.75) is 62.2 Å². The van der Waals surface area contributed by atoms with Crippen molar-refractivity contribution in [3.8, 4) is 0 Å². The molecule has 0 aromatic heterocycles. The third kappa shape index (κ3) is 4.58. The fourth-order valence-electron chi connectivity index (χ4n) is 3.41. The lowest BCUT2D eigenvalue weighted by molar-refractivity contribution is 0.778. The maximum atomic E-state index is 2.32. The number of thioether (sulfide) groups is 2. The fraction of sp³-hybridized carbons (Fsp3) is 0.417. The van der Waals surface area contributed by atoms with Crippen LogP contribution < -0.4 is 0 Å². The van der Waals surface area contributed by atoms with E-state index in [0.717, 1.165) is 0 Å². The highest BCUT2D eigenvalue weighted by Gasteiger charge is 2.14. The van der Waals surface area contributed by atoms with Gasteiger partial charge in [-0.05, 0) is 45.9 Å². The molecule has 138 valence electrons. The second kappa shape index (κ2) is 10.3. The molecule has 0 N–H and O–H groups in total. The highest BCUT2D eigenvalue weighted by molar-refractivity contribution is 8.00. The lowest BCUT2D eigenvalue weighted by atomic mass is 10.0. The van der Waals surface area contributed by atoms with Gasteiger partial charge in [0.1, 0.15) is 0 Å². The van der Waals surface area contributed by atoms with Gasteiger partial charge < -0.3 is 0 Å². The molecular formula is C24H30S2. The molecule has 0 bridgehead atoms. The molecule has 0 nitrogen and oxygen atoms in total. The van der Waals surface area contributed by atoms with Gasteiger partial charge in [-0.3, -0.25) is 0 Å². The molecule has 0 radical (unpaired) electrons. The summed E-state index contributed by atoms with van der Waals surface area (Å²) in [6.07, 6.45) is 7.84. The van der Waals surface area contributed by atoms with Gasteiger partial charge in [0.05, 0.1) is 0 Å². The summed E-state index contributed by atoms with van der Waals surface area (Å²) in [7, 11) is 0. The van der Waals surface area contributed by atoms with E-state index in [4.69, 9.17) is 0 Å². The molecule has 0 saturated carbocycles. The van der Waals surface area contributed by atoms with Crippen molar-refractivity contribution in [1.29, 1.82) is 0 Å². The van der Waals surface area contributed by atoms with Gasteiger partial charge in [-0.25, -0.2) is 0 Å². The van der Waals surface area contributed by atoms with Crippen LogP contribution in [0.2, 0.25) is 0 Å². The van der Waals surface area contributed by atoms with Gasteiger partial charge in [-0.15, -0.1) is 23.5 Å². The minimum atomic E-state index is 1.21. The Morgan fingerprint density at radius 1 is 0.538 bits per heavy atom. The molecule has 0 fully saturated rings. The highest BCUT2D eigenvalue weighted by atomic mass is 32.2. The van der Waals surface area contributed by atoms with E-state index in [1.165, 1.54) is 81.4 Å².